The molecule has 1 atom stereocenters. The van der Waals surface area contributed by atoms with Gasteiger partial charge in [0.05, 0.1) is 0 Å². The number of piperidine rings is 1. The fraction of sp³-hybridized carbons (Fsp3) is 0.545. The van der Waals surface area contributed by atoms with Crippen LogP contribution >= 0.6 is 0 Å². The van der Waals surface area contributed by atoms with E-state index < -0.39 is 0 Å². The number of likely N-dealkylation sites (N-methyl/N-ethyl adjacent to an activating group) is 1. The fourth-order valence-corrected chi connectivity index (χ4v) is 2.04. The molecule has 2 N–H and O–H groups in total. The molecule has 15 heavy (non-hydrogen) atoms. The van der Waals surface area contributed by atoms with E-state index in [0.717, 1.165) is 19.5 Å². The van der Waals surface area contributed by atoms with Crippen molar-refractivity contribution in [2.45, 2.75) is 18.9 Å². The van der Waals surface area contributed by atoms with Gasteiger partial charge in [-0.15, -0.1) is 0 Å². The van der Waals surface area contributed by atoms with Crippen molar-refractivity contribution in [3.05, 3.63) is 18.3 Å². The molecular weight excluding hydrogens is 190 g/mol. The van der Waals surface area contributed by atoms with Gasteiger partial charge in [0.15, 0.2) is 11.6 Å². The quantitative estimate of drug-likeness (QED) is 0.759. The highest BCUT2D eigenvalue weighted by molar-refractivity contribution is 5.51. The molecule has 2 rings (SSSR count). The Bertz CT molecular complexity index is 329. The van der Waals surface area contributed by atoms with Gasteiger partial charge in [0.1, 0.15) is 0 Å². The molecule has 0 aliphatic carbocycles. The Kier molecular flexibility index (Phi) is 3.06. The lowest BCUT2D eigenvalue weighted by Crippen LogP contribution is -2.44. The Morgan fingerprint density at radius 3 is 3.20 bits per heavy atom. The normalized spacial score (nSPS) is 21.7. The molecule has 4 nitrogen and oxygen atoms in total. The Labute approximate surface area is 89.9 Å². The highest BCUT2D eigenvalue weighted by atomic mass is 16.3. The first-order valence-corrected chi connectivity index (χ1v) is 5.37. The zero-order chi connectivity index (χ0) is 10.7. The van der Waals surface area contributed by atoms with Crippen LogP contribution in [-0.2, 0) is 0 Å². The van der Waals surface area contributed by atoms with Crippen molar-refractivity contribution in [3.63, 3.8) is 0 Å². The Balaban J connectivity index is 2.13. The summed E-state index contributed by atoms with van der Waals surface area (Å²) < 4.78 is 0. The van der Waals surface area contributed by atoms with Gasteiger partial charge >= 0.3 is 0 Å². The summed E-state index contributed by atoms with van der Waals surface area (Å²) in [6.07, 6.45) is 4.06. The summed E-state index contributed by atoms with van der Waals surface area (Å²) in [4.78, 5) is 6.36. The number of hydrogen-bond donors (Lipinski definition) is 2. The first-order valence-electron chi connectivity index (χ1n) is 5.37. The lowest BCUT2D eigenvalue weighted by Gasteiger charge is -2.33. The van der Waals surface area contributed by atoms with Crippen LogP contribution in [0.2, 0.25) is 0 Å². The minimum absolute atomic E-state index is 0.272. The minimum atomic E-state index is 0.272. The van der Waals surface area contributed by atoms with Crippen molar-refractivity contribution in [1.82, 2.24) is 10.3 Å². The van der Waals surface area contributed by atoms with E-state index in [-0.39, 0.29) is 5.75 Å². The molecule has 1 aromatic rings. The first-order chi connectivity index (χ1) is 7.31. The topological polar surface area (TPSA) is 48.4 Å². The fourth-order valence-electron chi connectivity index (χ4n) is 2.04. The maximum absolute atomic E-state index is 9.70. The number of rotatable bonds is 2. The van der Waals surface area contributed by atoms with Gasteiger partial charge < -0.3 is 15.3 Å². The lowest BCUT2D eigenvalue weighted by atomic mass is 10.1. The van der Waals surface area contributed by atoms with Gasteiger partial charge in [0, 0.05) is 25.3 Å². The molecule has 1 aliphatic rings. The SMILES string of the molecule is CNC1CCCN(c2ncccc2O)C1. The third-order valence-electron chi connectivity index (χ3n) is 2.90. The summed E-state index contributed by atoms with van der Waals surface area (Å²) >= 11 is 0. The molecule has 0 amide bonds. The van der Waals surface area contributed by atoms with Crippen LogP contribution in [0, 0.1) is 0 Å². The number of aromatic nitrogens is 1. The average Bonchev–Trinajstić information content (AvgIpc) is 2.30. The molecule has 1 saturated heterocycles. The second-order valence-corrected chi connectivity index (χ2v) is 3.92. The van der Waals surface area contributed by atoms with E-state index in [1.807, 2.05) is 7.05 Å². The molecule has 82 valence electrons. The van der Waals surface area contributed by atoms with Crippen LogP contribution in [0.1, 0.15) is 12.8 Å². The van der Waals surface area contributed by atoms with Gasteiger partial charge in [0.25, 0.3) is 0 Å². The lowest BCUT2D eigenvalue weighted by molar-refractivity contribution is 0.433. The zero-order valence-electron chi connectivity index (χ0n) is 8.98. The first kappa shape index (κ1) is 10.2. The van der Waals surface area contributed by atoms with Crippen molar-refractivity contribution in [1.29, 1.82) is 0 Å². The number of pyridine rings is 1. The van der Waals surface area contributed by atoms with Crippen LogP contribution < -0.4 is 10.2 Å². The summed E-state index contributed by atoms with van der Waals surface area (Å²) in [5.74, 6) is 0.978. The van der Waals surface area contributed by atoms with Crippen molar-refractivity contribution in [3.8, 4) is 5.75 Å². The molecule has 0 radical (unpaired) electrons. The van der Waals surface area contributed by atoms with E-state index in [0.29, 0.717) is 11.9 Å². The highest BCUT2D eigenvalue weighted by Gasteiger charge is 2.21. The van der Waals surface area contributed by atoms with Gasteiger partial charge in [-0.3, -0.25) is 0 Å². The maximum atomic E-state index is 9.70. The molecular formula is C11H17N3O. The van der Waals surface area contributed by atoms with Crippen molar-refractivity contribution in [2.75, 3.05) is 25.0 Å². The van der Waals surface area contributed by atoms with Crippen molar-refractivity contribution in [2.24, 2.45) is 0 Å². The monoisotopic (exact) mass is 207 g/mol. The molecule has 2 heterocycles. The van der Waals surface area contributed by atoms with E-state index in [4.69, 9.17) is 0 Å². The Morgan fingerprint density at radius 1 is 1.60 bits per heavy atom. The molecule has 1 aromatic heterocycles. The minimum Gasteiger partial charge on any atom is -0.504 e. The van der Waals surface area contributed by atoms with E-state index in [2.05, 4.69) is 15.2 Å². The second kappa shape index (κ2) is 4.49. The maximum Gasteiger partial charge on any atom is 0.171 e. The van der Waals surface area contributed by atoms with E-state index in [9.17, 15) is 5.11 Å². The second-order valence-electron chi connectivity index (χ2n) is 3.92. The summed E-state index contributed by atoms with van der Waals surface area (Å²) in [6, 6.07) is 3.93. The van der Waals surface area contributed by atoms with Crippen LogP contribution in [0.25, 0.3) is 0 Å². The predicted octanol–water partition coefficient (Wildman–Crippen LogP) is 0.975. The standard InChI is InChI=1S/C11H17N3O/c1-12-9-4-3-7-14(8-9)11-10(15)5-2-6-13-11/h2,5-6,9,12,15H,3-4,7-8H2,1H3. The molecule has 1 fully saturated rings. The average molecular weight is 207 g/mol. The van der Waals surface area contributed by atoms with Crippen LogP contribution in [0.5, 0.6) is 5.75 Å². The van der Waals surface area contributed by atoms with Crippen molar-refractivity contribution < 1.29 is 5.11 Å². The number of nitrogens with zero attached hydrogens (tertiary/aromatic N) is 2. The number of nitrogens with one attached hydrogen (secondary N) is 1. The smallest absolute Gasteiger partial charge is 0.171 e. The largest absolute Gasteiger partial charge is 0.504 e. The van der Waals surface area contributed by atoms with Gasteiger partial charge in [-0.2, -0.15) is 0 Å². The van der Waals surface area contributed by atoms with Gasteiger partial charge in [0.2, 0.25) is 0 Å². The summed E-state index contributed by atoms with van der Waals surface area (Å²) in [7, 11) is 1.98. The number of hydrogen-bond acceptors (Lipinski definition) is 4. The van der Waals surface area contributed by atoms with Crippen LogP contribution in [0.3, 0.4) is 0 Å². The molecule has 4 heteroatoms. The molecule has 0 saturated carbocycles. The van der Waals surface area contributed by atoms with Gasteiger partial charge in [-0.05, 0) is 32.0 Å². The number of anilines is 1. The molecule has 0 spiro atoms. The van der Waals surface area contributed by atoms with Gasteiger partial charge in [-0.1, -0.05) is 0 Å². The predicted molar refractivity (Wildman–Crippen MR) is 60.2 cm³/mol. The molecule has 0 bridgehead atoms. The van der Waals surface area contributed by atoms with E-state index >= 15 is 0 Å². The summed E-state index contributed by atoms with van der Waals surface area (Å²) in [6.45, 7) is 1.89. The Morgan fingerprint density at radius 2 is 2.47 bits per heavy atom. The van der Waals surface area contributed by atoms with E-state index in [1.165, 1.54) is 6.42 Å². The van der Waals surface area contributed by atoms with E-state index in [1.54, 1.807) is 18.3 Å². The molecule has 1 aliphatic heterocycles. The third kappa shape index (κ3) is 2.21. The van der Waals surface area contributed by atoms with Gasteiger partial charge in [-0.25, -0.2) is 4.98 Å². The molecule has 0 aromatic carbocycles. The summed E-state index contributed by atoms with van der Waals surface area (Å²) in [5.41, 5.74) is 0. The molecule has 1 unspecified atom stereocenters. The summed E-state index contributed by atoms with van der Waals surface area (Å²) in [5, 5.41) is 13.0. The third-order valence-corrected chi connectivity index (χ3v) is 2.90. The van der Waals surface area contributed by atoms with Crippen LogP contribution in [0.4, 0.5) is 5.82 Å². The Hall–Kier alpha value is -1.29. The number of aromatic hydroxyl groups is 1. The van der Waals surface area contributed by atoms with Crippen LogP contribution in [0.15, 0.2) is 18.3 Å². The van der Waals surface area contributed by atoms with Crippen LogP contribution in [-0.4, -0.2) is 36.3 Å². The highest BCUT2D eigenvalue weighted by Crippen LogP contribution is 2.26. The zero-order valence-corrected chi connectivity index (χ0v) is 8.98. The van der Waals surface area contributed by atoms with Crippen molar-refractivity contribution >= 4 is 5.82 Å².